The number of aliphatic carboxylic acids is 1. The molecule has 1 saturated carbocycles. The monoisotopic (exact) mass is 256 g/mol. The molecule has 0 aromatic carbocycles. The molecule has 4 heteroatoms. The van der Waals surface area contributed by atoms with Gasteiger partial charge in [-0.1, -0.05) is 20.3 Å². The van der Waals surface area contributed by atoms with Crippen LogP contribution in [0.25, 0.3) is 0 Å². The quantitative estimate of drug-likeness (QED) is 0.628. The maximum absolute atomic E-state index is 11.5. The second-order valence-electron chi connectivity index (χ2n) is 5.62. The molecule has 18 heavy (non-hydrogen) atoms. The number of nitrogens with one attached hydrogen (secondary N) is 1. The fourth-order valence-corrected chi connectivity index (χ4v) is 2.20. The van der Waals surface area contributed by atoms with E-state index in [4.69, 9.17) is 0 Å². The zero-order valence-electron chi connectivity index (χ0n) is 12.0. The maximum atomic E-state index is 11.5. The minimum Gasteiger partial charge on any atom is -0.480 e. The van der Waals surface area contributed by atoms with E-state index >= 15 is 0 Å². The molecule has 1 aliphatic rings. The number of carbonyl (C=O) groups is 1. The largest absolute Gasteiger partial charge is 0.480 e. The van der Waals surface area contributed by atoms with Crippen LogP contribution in [-0.2, 0) is 4.79 Å². The Labute approximate surface area is 111 Å². The minimum atomic E-state index is -0.813. The van der Waals surface area contributed by atoms with E-state index in [0.717, 1.165) is 32.4 Å². The molecule has 0 saturated heterocycles. The van der Waals surface area contributed by atoms with E-state index in [0.29, 0.717) is 12.6 Å². The van der Waals surface area contributed by atoms with Crippen LogP contribution < -0.4 is 5.32 Å². The van der Waals surface area contributed by atoms with Crippen molar-refractivity contribution < 1.29 is 9.90 Å². The van der Waals surface area contributed by atoms with Crippen molar-refractivity contribution in [2.75, 3.05) is 19.6 Å². The molecule has 0 radical (unpaired) electrons. The van der Waals surface area contributed by atoms with Crippen molar-refractivity contribution in [3.05, 3.63) is 0 Å². The van der Waals surface area contributed by atoms with Crippen LogP contribution in [0, 0.1) is 0 Å². The molecular formula is C14H28N2O2. The van der Waals surface area contributed by atoms with Crippen molar-refractivity contribution in [3.8, 4) is 0 Å². The first-order valence-corrected chi connectivity index (χ1v) is 7.26. The van der Waals surface area contributed by atoms with Crippen LogP contribution in [0.2, 0.25) is 0 Å². The Morgan fingerprint density at radius 3 is 2.50 bits per heavy atom. The lowest BCUT2D eigenvalue weighted by molar-refractivity contribution is -0.145. The van der Waals surface area contributed by atoms with E-state index in [-0.39, 0.29) is 0 Å². The summed E-state index contributed by atoms with van der Waals surface area (Å²) < 4.78 is 0. The number of nitrogens with zero attached hydrogens (tertiary/aromatic N) is 1. The average Bonchev–Trinajstić information content (AvgIpc) is 3.15. The molecule has 1 unspecified atom stereocenters. The van der Waals surface area contributed by atoms with E-state index in [2.05, 4.69) is 24.1 Å². The Morgan fingerprint density at radius 2 is 2.06 bits per heavy atom. The maximum Gasteiger partial charge on any atom is 0.324 e. The Balaban J connectivity index is 2.57. The van der Waals surface area contributed by atoms with Gasteiger partial charge in [-0.2, -0.15) is 0 Å². The lowest BCUT2D eigenvalue weighted by Gasteiger charge is -2.33. The van der Waals surface area contributed by atoms with Crippen LogP contribution in [-0.4, -0.2) is 47.2 Å². The first-order chi connectivity index (χ1) is 8.53. The second kappa shape index (κ2) is 7.10. The van der Waals surface area contributed by atoms with Crippen LogP contribution in [0.4, 0.5) is 0 Å². The van der Waals surface area contributed by atoms with Crippen molar-refractivity contribution in [2.24, 2.45) is 0 Å². The first kappa shape index (κ1) is 15.4. The Hall–Kier alpha value is -0.610. The number of hydrogen-bond acceptors (Lipinski definition) is 3. The van der Waals surface area contributed by atoms with Crippen LogP contribution >= 0.6 is 0 Å². The van der Waals surface area contributed by atoms with E-state index in [9.17, 15) is 9.90 Å². The summed E-state index contributed by atoms with van der Waals surface area (Å²) >= 11 is 0. The van der Waals surface area contributed by atoms with E-state index < -0.39 is 11.5 Å². The predicted octanol–water partition coefficient (Wildman–Crippen LogP) is 2.09. The highest BCUT2D eigenvalue weighted by Crippen LogP contribution is 2.28. The molecule has 0 bridgehead atoms. The number of hydrogen-bond donors (Lipinski definition) is 2. The lowest BCUT2D eigenvalue weighted by Crippen LogP contribution is -2.57. The Kier molecular flexibility index (Phi) is 6.09. The van der Waals surface area contributed by atoms with Gasteiger partial charge in [0, 0.05) is 12.6 Å². The van der Waals surface area contributed by atoms with Crippen LogP contribution in [0.15, 0.2) is 0 Å². The van der Waals surface area contributed by atoms with Gasteiger partial charge in [-0.05, 0) is 45.7 Å². The molecule has 0 heterocycles. The smallest absolute Gasteiger partial charge is 0.324 e. The minimum absolute atomic E-state index is 0.618. The highest BCUT2D eigenvalue weighted by molar-refractivity contribution is 5.78. The van der Waals surface area contributed by atoms with Gasteiger partial charge in [0.25, 0.3) is 0 Å². The van der Waals surface area contributed by atoms with Gasteiger partial charge in [0.15, 0.2) is 0 Å². The summed E-state index contributed by atoms with van der Waals surface area (Å²) in [5.41, 5.74) is -0.813. The molecule has 4 nitrogen and oxygen atoms in total. The number of carboxylic acids is 1. The van der Waals surface area contributed by atoms with Crippen LogP contribution in [0.1, 0.15) is 52.9 Å². The van der Waals surface area contributed by atoms with Crippen LogP contribution in [0.5, 0.6) is 0 Å². The summed E-state index contributed by atoms with van der Waals surface area (Å²) in [6.07, 6.45) is 5.73. The number of unbranched alkanes of at least 4 members (excludes halogenated alkanes) is 1. The summed E-state index contributed by atoms with van der Waals surface area (Å²) in [4.78, 5) is 13.9. The third kappa shape index (κ3) is 4.58. The summed E-state index contributed by atoms with van der Waals surface area (Å²) in [5.74, 6) is -0.738. The predicted molar refractivity (Wildman–Crippen MR) is 73.8 cm³/mol. The molecule has 0 spiro atoms. The molecule has 106 valence electrons. The van der Waals surface area contributed by atoms with Gasteiger partial charge < -0.3 is 10.4 Å². The Morgan fingerprint density at radius 1 is 1.39 bits per heavy atom. The normalized spacial score (nSPS) is 18.9. The van der Waals surface area contributed by atoms with Crippen molar-refractivity contribution in [1.82, 2.24) is 10.2 Å². The molecule has 1 rings (SSSR count). The number of rotatable bonds is 10. The molecular weight excluding hydrogens is 228 g/mol. The summed E-state index contributed by atoms with van der Waals surface area (Å²) in [6.45, 7) is 8.45. The molecule has 0 aromatic rings. The SMILES string of the molecule is CCCCN(CC(C)(NCCC)C(=O)O)C1CC1. The fourth-order valence-electron chi connectivity index (χ4n) is 2.20. The van der Waals surface area contributed by atoms with Crippen molar-refractivity contribution in [2.45, 2.75) is 64.5 Å². The summed E-state index contributed by atoms with van der Waals surface area (Å²) in [7, 11) is 0. The molecule has 1 aliphatic carbocycles. The van der Waals surface area contributed by atoms with Gasteiger partial charge in [-0.3, -0.25) is 9.69 Å². The highest BCUT2D eigenvalue weighted by atomic mass is 16.4. The first-order valence-electron chi connectivity index (χ1n) is 7.26. The summed E-state index contributed by atoms with van der Waals surface area (Å²) in [5, 5.41) is 12.6. The van der Waals surface area contributed by atoms with E-state index in [1.54, 1.807) is 0 Å². The highest BCUT2D eigenvalue weighted by Gasteiger charge is 2.38. The molecule has 1 atom stereocenters. The van der Waals surface area contributed by atoms with Gasteiger partial charge in [0.2, 0.25) is 0 Å². The van der Waals surface area contributed by atoms with Crippen molar-refractivity contribution in [1.29, 1.82) is 0 Å². The zero-order valence-corrected chi connectivity index (χ0v) is 12.0. The second-order valence-corrected chi connectivity index (χ2v) is 5.62. The fraction of sp³-hybridized carbons (Fsp3) is 0.929. The third-order valence-electron chi connectivity index (χ3n) is 3.62. The Bertz CT molecular complexity index is 267. The molecule has 0 amide bonds. The number of carboxylic acid groups (broad SMARTS) is 1. The van der Waals surface area contributed by atoms with Gasteiger partial charge in [-0.25, -0.2) is 0 Å². The molecule has 1 fully saturated rings. The summed E-state index contributed by atoms with van der Waals surface area (Å²) in [6, 6.07) is 0.624. The topological polar surface area (TPSA) is 52.6 Å². The molecule has 0 aromatic heterocycles. The zero-order chi connectivity index (χ0) is 13.6. The van der Waals surface area contributed by atoms with Crippen molar-refractivity contribution >= 4 is 5.97 Å². The lowest BCUT2D eigenvalue weighted by atomic mass is 10.0. The van der Waals surface area contributed by atoms with Gasteiger partial charge in [0.1, 0.15) is 5.54 Å². The molecule has 0 aliphatic heterocycles. The van der Waals surface area contributed by atoms with E-state index in [1.165, 1.54) is 12.8 Å². The van der Waals surface area contributed by atoms with Gasteiger partial charge >= 0.3 is 5.97 Å². The third-order valence-corrected chi connectivity index (χ3v) is 3.62. The van der Waals surface area contributed by atoms with E-state index in [1.807, 2.05) is 6.92 Å². The van der Waals surface area contributed by atoms with Gasteiger partial charge in [0.05, 0.1) is 0 Å². The molecule has 2 N–H and O–H groups in total. The van der Waals surface area contributed by atoms with Gasteiger partial charge in [-0.15, -0.1) is 0 Å². The average molecular weight is 256 g/mol. The standard InChI is InChI=1S/C14H28N2O2/c1-4-6-10-16(12-7-8-12)11-14(3,13(17)18)15-9-5-2/h12,15H,4-11H2,1-3H3,(H,17,18). The van der Waals surface area contributed by atoms with Crippen molar-refractivity contribution in [3.63, 3.8) is 0 Å². The van der Waals surface area contributed by atoms with Crippen LogP contribution in [0.3, 0.4) is 0 Å².